The van der Waals surface area contributed by atoms with E-state index in [-0.39, 0.29) is 0 Å². The summed E-state index contributed by atoms with van der Waals surface area (Å²) in [6, 6.07) is 0. The largest absolute Gasteiger partial charge is 0.352 e. The number of rotatable bonds is 5. The second-order valence-electron chi connectivity index (χ2n) is 1.93. The van der Waals surface area contributed by atoms with Crippen molar-refractivity contribution >= 4 is 26.1 Å². The fraction of sp³-hybridized carbons (Fsp3) is 0.667. The van der Waals surface area contributed by atoms with Gasteiger partial charge in [-0.25, -0.2) is 13.2 Å². The maximum absolute atomic E-state index is 10.5. The second kappa shape index (κ2) is 4.44. The molecule has 13 heavy (non-hydrogen) atoms. The van der Waals surface area contributed by atoms with Crippen LogP contribution < -0.4 is 4.89 Å². The molecule has 0 unspecified atom stereocenters. The molecule has 0 amide bonds. The van der Waals surface area contributed by atoms with Crippen LogP contribution >= 0.6 is 0 Å². The molecule has 0 heterocycles. The fourth-order valence-corrected chi connectivity index (χ4v) is 0.964. The van der Waals surface area contributed by atoms with Crippen molar-refractivity contribution in [2.45, 2.75) is 0 Å². The Morgan fingerprint density at radius 1 is 1.38 bits per heavy atom. The van der Waals surface area contributed by atoms with Gasteiger partial charge in [-0.2, -0.15) is 8.42 Å². The molecular weight excluding hydrogens is 224 g/mol. The summed E-state index contributed by atoms with van der Waals surface area (Å²) in [5.41, 5.74) is 0. The first kappa shape index (κ1) is 12.2. The first-order valence-electron chi connectivity index (χ1n) is 2.67. The third kappa shape index (κ3) is 7.56. The molecule has 10 heteroatoms. The third-order valence-electron chi connectivity index (χ3n) is 0.595. The fourth-order valence-electron chi connectivity index (χ4n) is 0.273. The highest BCUT2D eigenvalue weighted by molar-refractivity contribution is 7.90. The summed E-state index contributed by atoms with van der Waals surface area (Å²) in [5.74, 6) is -0.847. The van der Waals surface area contributed by atoms with Gasteiger partial charge in [-0.3, -0.25) is 4.84 Å². The van der Waals surface area contributed by atoms with Crippen molar-refractivity contribution in [1.29, 1.82) is 0 Å². The van der Waals surface area contributed by atoms with Gasteiger partial charge < -0.3 is 0 Å². The lowest BCUT2D eigenvalue weighted by atomic mass is 11.7. The zero-order valence-electron chi connectivity index (χ0n) is 6.42. The standard InChI is InChI=1S/C3H6N2O6S2/c1-12(7,8)3-11-5-13(9,10)4-2-6/h5H,3H2,1H3. The number of hydrogen-bond acceptors (Lipinski definition) is 6. The van der Waals surface area contributed by atoms with Crippen molar-refractivity contribution < 1.29 is 26.5 Å². The quantitative estimate of drug-likeness (QED) is 0.334. The van der Waals surface area contributed by atoms with Crippen molar-refractivity contribution in [3.63, 3.8) is 0 Å². The van der Waals surface area contributed by atoms with Gasteiger partial charge in [0.2, 0.25) is 0 Å². The van der Waals surface area contributed by atoms with Crippen LogP contribution in [0.25, 0.3) is 0 Å². The number of nitrogens with one attached hydrogen (secondary N) is 1. The maximum atomic E-state index is 10.5. The molecule has 76 valence electrons. The van der Waals surface area contributed by atoms with Gasteiger partial charge in [0, 0.05) is 6.26 Å². The molecule has 0 rings (SSSR count). The van der Waals surface area contributed by atoms with E-state index in [1.54, 1.807) is 0 Å². The normalized spacial score (nSPS) is 12.1. The molecule has 0 aliphatic rings. The third-order valence-corrected chi connectivity index (χ3v) is 1.78. The molecule has 0 spiro atoms. The van der Waals surface area contributed by atoms with E-state index < -0.39 is 26.0 Å². The first-order valence-corrected chi connectivity index (χ1v) is 6.17. The lowest BCUT2D eigenvalue weighted by Gasteiger charge is -1.99. The zero-order chi connectivity index (χ0) is 10.5. The molecule has 0 aromatic rings. The Morgan fingerprint density at radius 3 is 2.31 bits per heavy atom. The molecule has 0 bridgehead atoms. The van der Waals surface area contributed by atoms with Crippen LogP contribution in [0.3, 0.4) is 0 Å². The van der Waals surface area contributed by atoms with Gasteiger partial charge in [-0.1, -0.05) is 9.28 Å². The molecule has 0 saturated heterocycles. The van der Waals surface area contributed by atoms with E-state index in [0.29, 0.717) is 0 Å². The topological polar surface area (TPSA) is 119 Å². The lowest BCUT2D eigenvalue weighted by molar-refractivity contribution is 0.133. The zero-order valence-corrected chi connectivity index (χ0v) is 8.05. The SMILES string of the molecule is CS(=O)(=O)CONS(=O)(=O)N=C=O. The summed E-state index contributed by atoms with van der Waals surface area (Å²) >= 11 is 0. The molecule has 0 saturated carbocycles. The summed E-state index contributed by atoms with van der Waals surface area (Å²) < 4.78 is 44.0. The summed E-state index contributed by atoms with van der Waals surface area (Å²) in [6.45, 7) is 0. The highest BCUT2D eigenvalue weighted by atomic mass is 32.2. The van der Waals surface area contributed by atoms with Crippen molar-refractivity contribution in [3.05, 3.63) is 0 Å². The number of sulfone groups is 1. The van der Waals surface area contributed by atoms with Crippen LogP contribution in [0.1, 0.15) is 0 Å². The van der Waals surface area contributed by atoms with E-state index in [1.807, 2.05) is 0 Å². The number of carbonyl (C=O) groups excluding carboxylic acids is 1. The molecule has 1 N–H and O–H groups in total. The number of hydrogen-bond donors (Lipinski definition) is 1. The average Bonchev–Trinajstić information content (AvgIpc) is 1.82. The summed E-state index contributed by atoms with van der Waals surface area (Å²) in [6.07, 6.45) is 1.59. The second-order valence-corrected chi connectivity index (χ2v) is 5.32. The van der Waals surface area contributed by atoms with Gasteiger partial charge >= 0.3 is 10.2 Å². The van der Waals surface area contributed by atoms with E-state index in [0.717, 1.165) is 12.3 Å². The van der Waals surface area contributed by atoms with Crippen LogP contribution in [0.4, 0.5) is 0 Å². The minimum Gasteiger partial charge on any atom is -0.269 e. The van der Waals surface area contributed by atoms with Crippen LogP contribution in [0.5, 0.6) is 0 Å². The van der Waals surface area contributed by atoms with Gasteiger partial charge in [-0.15, -0.1) is 0 Å². The Morgan fingerprint density at radius 2 is 1.92 bits per heavy atom. The smallest absolute Gasteiger partial charge is 0.269 e. The molecular formula is C3H6N2O6S2. The number of isocyanates is 1. The minimum atomic E-state index is -4.29. The van der Waals surface area contributed by atoms with Crippen molar-refractivity contribution in [3.8, 4) is 0 Å². The molecule has 0 atom stereocenters. The first-order chi connectivity index (χ1) is 5.77. The predicted molar refractivity (Wildman–Crippen MR) is 41.0 cm³/mol. The Labute approximate surface area is 74.7 Å². The van der Waals surface area contributed by atoms with E-state index in [4.69, 9.17) is 0 Å². The van der Waals surface area contributed by atoms with Gasteiger partial charge in [-0.05, 0) is 0 Å². The molecule has 0 aliphatic carbocycles. The Bertz CT molecular complexity index is 401. The van der Waals surface area contributed by atoms with Gasteiger partial charge in [0.25, 0.3) is 6.08 Å². The Balaban J connectivity index is 4.14. The van der Waals surface area contributed by atoms with Crippen LogP contribution in [-0.2, 0) is 29.7 Å². The Kier molecular flexibility index (Phi) is 4.17. The van der Waals surface area contributed by atoms with Gasteiger partial charge in [0.1, 0.15) is 0 Å². The van der Waals surface area contributed by atoms with Gasteiger partial charge in [0.05, 0.1) is 0 Å². The highest BCUT2D eigenvalue weighted by Gasteiger charge is 2.09. The highest BCUT2D eigenvalue weighted by Crippen LogP contribution is 1.86. The van der Waals surface area contributed by atoms with Crippen LogP contribution in [-0.4, -0.2) is 35.1 Å². The van der Waals surface area contributed by atoms with Crippen LogP contribution in [0, 0.1) is 0 Å². The van der Waals surface area contributed by atoms with Crippen molar-refractivity contribution in [2.75, 3.05) is 12.2 Å². The number of nitrogens with zero attached hydrogens (tertiary/aromatic N) is 1. The van der Waals surface area contributed by atoms with Gasteiger partial charge in [0.15, 0.2) is 15.8 Å². The summed E-state index contributed by atoms with van der Waals surface area (Å²) in [5, 5.41) is 0. The molecule has 0 aromatic carbocycles. The average molecular weight is 230 g/mol. The predicted octanol–water partition coefficient (Wildman–Crippen LogP) is -1.91. The van der Waals surface area contributed by atoms with E-state index in [2.05, 4.69) is 9.24 Å². The van der Waals surface area contributed by atoms with E-state index >= 15 is 0 Å². The van der Waals surface area contributed by atoms with Crippen molar-refractivity contribution in [2.24, 2.45) is 4.40 Å². The molecule has 0 fully saturated rings. The van der Waals surface area contributed by atoms with Crippen LogP contribution in [0.2, 0.25) is 0 Å². The summed E-state index contributed by atoms with van der Waals surface area (Å²) in [7, 11) is -7.74. The van der Waals surface area contributed by atoms with E-state index in [9.17, 15) is 21.6 Å². The molecule has 0 aromatic heterocycles. The van der Waals surface area contributed by atoms with Crippen molar-refractivity contribution in [1.82, 2.24) is 4.89 Å². The van der Waals surface area contributed by atoms with E-state index in [1.165, 1.54) is 4.89 Å². The molecule has 0 radical (unpaired) electrons. The minimum absolute atomic E-state index is 0.751. The monoisotopic (exact) mass is 230 g/mol. The lowest BCUT2D eigenvalue weighted by Crippen LogP contribution is -2.24. The molecule has 0 aliphatic heterocycles. The molecule has 8 nitrogen and oxygen atoms in total. The van der Waals surface area contributed by atoms with Crippen LogP contribution in [0.15, 0.2) is 4.40 Å². The summed E-state index contributed by atoms with van der Waals surface area (Å²) in [4.78, 5) is 14.8. The Hall–Kier alpha value is -0.800. The maximum Gasteiger partial charge on any atom is 0.352 e.